The third-order valence-corrected chi connectivity index (χ3v) is 7.86. The Balaban J connectivity index is 1.47. The SMILES string of the molecule is CC(C)Cn1cnnc1C1CN(C(=O)CCC2CCCCC2)CC12CCCCC2. The van der Waals surface area contributed by atoms with Crippen molar-refractivity contribution in [2.24, 2.45) is 17.3 Å². The summed E-state index contributed by atoms with van der Waals surface area (Å²) in [5.41, 5.74) is 0.223. The van der Waals surface area contributed by atoms with Crippen molar-refractivity contribution in [3.05, 3.63) is 12.2 Å². The second kappa shape index (κ2) is 9.18. The van der Waals surface area contributed by atoms with E-state index in [-0.39, 0.29) is 5.41 Å². The molecule has 162 valence electrons. The Morgan fingerprint density at radius 2 is 1.86 bits per heavy atom. The van der Waals surface area contributed by atoms with Gasteiger partial charge in [-0.25, -0.2) is 0 Å². The minimum Gasteiger partial charge on any atom is -0.341 e. The van der Waals surface area contributed by atoms with Crippen molar-refractivity contribution >= 4 is 5.91 Å². The molecule has 3 aliphatic rings. The summed E-state index contributed by atoms with van der Waals surface area (Å²) in [5, 5.41) is 8.86. The molecule has 4 rings (SSSR count). The zero-order valence-corrected chi connectivity index (χ0v) is 18.6. The van der Waals surface area contributed by atoms with Crippen LogP contribution in [0, 0.1) is 17.3 Å². The molecule has 2 aliphatic carbocycles. The van der Waals surface area contributed by atoms with Gasteiger partial charge in [0.1, 0.15) is 12.2 Å². The Kier molecular flexibility index (Phi) is 6.60. The van der Waals surface area contributed by atoms with E-state index < -0.39 is 0 Å². The van der Waals surface area contributed by atoms with Gasteiger partial charge in [-0.3, -0.25) is 4.79 Å². The highest BCUT2D eigenvalue weighted by atomic mass is 16.2. The number of rotatable bonds is 6. The number of aromatic nitrogens is 3. The molecule has 0 aromatic carbocycles. The third kappa shape index (κ3) is 4.69. The normalized spacial score (nSPS) is 25.2. The Labute approximate surface area is 176 Å². The van der Waals surface area contributed by atoms with Crippen LogP contribution in [0.3, 0.4) is 0 Å². The highest BCUT2D eigenvalue weighted by Crippen LogP contribution is 2.51. The minimum absolute atomic E-state index is 0.223. The number of hydrogen-bond acceptors (Lipinski definition) is 3. The van der Waals surface area contributed by atoms with E-state index in [0.717, 1.165) is 44.2 Å². The summed E-state index contributed by atoms with van der Waals surface area (Å²) in [5.74, 6) is 3.22. The number of nitrogens with zero attached hydrogens (tertiary/aromatic N) is 4. The van der Waals surface area contributed by atoms with Gasteiger partial charge in [-0.1, -0.05) is 65.2 Å². The lowest BCUT2D eigenvalue weighted by atomic mass is 9.67. The van der Waals surface area contributed by atoms with Crippen molar-refractivity contribution in [2.45, 2.75) is 103 Å². The zero-order valence-electron chi connectivity index (χ0n) is 18.6. The van der Waals surface area contributed by atoms with Gasteiger partial charge in [0.05, 0.1) is 0 Å². The lowest BCUT2D eigenvalue weighted by Gasteiger charge is -2.37. The maximum absolute atomic E-state index is 13.2. The van der Waals surface area contributed by atoms with E-state index >= 15 is 0 Å². The number of carbonyl (C=O) groups excluding carboxylic acids is 1. The van der Waals surface area contributed by atoms with Crippen LogP contribution in [0.15, 0.2) is 6.33 Å². The average molecular weight is 401 g/mol. The van der Waals surface area contributed by atoms with Gasteiger partial charge in [-0.2, -0.15) is 0 Å². The Bertz CT molecular complexity index is 670. The summed E-state index contributed by atoms with van der Waals surface area (Å²) in [4.78, 5) is 15.4. The molecule has 5 heteroatoms. The molecule has 1 aliphatic heterocycles. The van der Waals surface area contributed by atoms with E-state index in [4.69, 9.17) is 0 Å². The minimum atomic E-state index is 0.223. The first-order valence-electron chi connectivity index (χ1n) is 12.2. The van der Waals surface area contributed by atoms with E-state index in [2.05, 4.69) is 33.5 Å². The molecule has 2 saturated carbocycles. The van der Waals surface area contributed by atoms with Crippen LogP contribution in [-0.4, -0.2) is 38.7 Å². The van der Waals surface area contributed by atoms with E-state index in [1.165, 1.54) is 64.2 Å². The fourth-order valence-electron chi connectivity index (χ4n) is 6.31. The largest absolute Gasteiger partial charge is 0.341 e. The fraction of sp³-hybridized carbons (Fsp3) is 0.875. The standard InChI is InChI=1S/C24H40N4O/c1-19(2)15-28-18-25-26-23(28)21-16-27(17-24(21)13-7-4-8-14-24)22(29)12-11-20-9-5-3-6-10-20/h18-21H,3-17H2,1-2H3. The predicted molar refractivity (Wildman–Crippen MR) is 116 cm³/mol. The second-order valence-electron chi connectivity index (χ2n) is 10.5. The van der Waals surface area contributed by atoms with Crippen LogP contribution < -0.4 is 0 Å². The zero-order chi connectivity index (χ0) is 20.3. The van der Waals surface area contributed by atoms with Gasteiger partial charge in [0.2, 0.25) is 5.91 Å². The van der Waals surface area contributed by atoms with Crippen molar-refractivity contribution in [2.75, 3.05) is 13.1 Å². The highest BCUT2D eigenvalue weighted by molar-refractivity contribution is 5.76. The summed E-state index contributed by atoms with van der Waals surface area (Å²) < 4.78 is 2.27. The van der Waals surface area contributed by atoms with Crippen molar-refractivity contribution < 1.29 is 4.79 Å². The molecule has 1 atom stereocenters. The average Bonchev–Trinajstić information content (AvgIpc) is 3.31. The van der Waals surface area contributed by atoms with Crippen molar-refractivity contribution in [1.82, 2.24) is 19.7 Å². The number of amides is 1. The molecule has 1 spiro atoms. The molecule has 29 heavy (non-hydrogen) atoms. The van der Waals surface area contributed by atoms with Gasteiger partial charge in [0, 0.05) is 32.0 Å². The Hall–Kier alpha value is -1.39. The Morgan fingerprint density at radius 1 is 1.14 bits per heavy atom. The molecule has 1 unspecified atom stereocenters. The molecule has 0 N–H and O–H groups in total. The van der Waals surface area contributed by atoms with Crippen molar-refractivity contribution in [1.29, 1.82) is 0 Å². The molecule has 0 bridgehead atoms. The van der Waals surface area contributed by atoms with Gasteiger partial charge >= 0.3 is 0 Å². The lowest BCUT2D eigenvalue weighted by Crippen LogP contribution is -2.34. The van der Waals surface area contributed by atoms with Gasteiger partial charge in [-0.15, -0.1) is 10.2 Å². The first-order valence-corrected chi connectivity index (χ1v) is 12.2. The van der Waals surface area contributed by atoms with Crippen molar-refractivity contribution in [3.8, 4) is 0 Å². The van der Waals surface area contributed by atoms with Crippen LogP contribution in [0.1, 0.15) is 103 Å². The smallest absolute Gasteiger partial charge is 0.222 e. The van der Waals surface area contributed by atoms with Gasteiger partial charge < -0.3 is 9.47 Å². The van der Waals surface area contributed by atoms with Crippen LogP contribution in [-0.2, 0) is 11.3 Å². The number of carbonyl (C=O) groups is 1. The van der Waals surface area contributed by atoms with Crippen LogP contribution in [0.4, 0.5) is 0 Å². The van der Waals surface area contributed by atoms with Crippen LogP contribution in [0.25, 0.3) is 0 Å². The topological polar surface area (TPSA) is 51.0 Å². The second-order valence-corrected chi connectivity index (χ2v) is 10.5. The van der Waals surface area contributed by atoms with Crippen LogP contribution in [0.2, 0.25) is 0 Å². The maximum Gasteiger partial charge on any atom is 0.222 e. The monoisotopic (exact) mass is 400 g/mol. The molecule has 1 amide bonds. The summed E-state index contributed by atoms with van der Waals surface area (Å²) in [6, 6.07) is 0. The molecule has 5 nitrogen and oxygen atoms in total. The van der Waals surface area contributed by atoms with E-state index in [9.17, 15) is 4.79 Å². The third-order valence-electron chi connectivity index (χ3n) is 7.86. The van der Waals surface area contributed by atoms with Crippen molar-refractivity contribution in [3.63, 3.8) is 0 Å². The van der Waals surface area contributed by atoms with Gasteiger partial charge in [-0.05, 0) is 36.5 Å². The lowest BCUT2D eigenvalue weighted by molar-refractivity contribution is -0.131. The fourth-order valence-corrected chi connectivity index (χ4v) is 6.31. The quantitative estimate of drug-likeness (QED) is 0.662. The highest BCUT2D eigenvalue weighted by Gasteiger charge is 2.50. The van der Waals surface area contributed by atoms with Gasteiger partial charge in [0.15, 0.2) is 0 Å². The predicted octanol–water partition coefficient (Wildman–Crippen LogP) is 5.17. The molecule has 2 heterocycles. The van der Waals surface area contributed by atoms with E-state index in [0.29, 0.717) is 17.7 Å². The maximum atomic E-state index is 13.2. The molecule has 1 aromatic heterocycles. The molecule has 3 fully saturated rings. The first kappa shape index (κ1) is 20.9. The van der Waals surface area contributed by atoms with Crippen LogP contribution >= 0.6 is 0 Å². The summed E-state index contributed by atoms with van der Waals surface area (Å²) in [6.45, 7) is 7.24. The molecular formula is C24H40N4O. The molecule has 0 radical (unpaired) electrons. The first-order chi connectivity index (χ1) is 14.1. The van der Waals surface area contributed by atoms with E-state index in [1.807, 2.05) is 6.33 Å². The molecule has 1 aromatic rings. The number of hydrogen-bond donors (Lipinski definition) is 0. The Morgan fingerprint density at radius 3 is 2.59 bits per heavy atom. The van der Waals surface area contributed by atoms with E-state index in [1.54, 1.807) is 0 Å². The summed E-state index contributed by atoms with van der Waals surface area (Å²) >= 11 is 0. The summed E-state index contributed by atoms with van der Waals surface area (Å²) in [6.07, 6.45) is 16.9. The molecule has 1 saturated heterocycles. The van der Waals surface area contributed by atoms with Gasteiger partial charge in [0.25, 0.3) is 0 Å². The van der Waals surface area contributed by atoms with Crippen LogP contribution in [0.5, 0.6) is 0 Å². The molecular weight excluding hydrogens is 360 g/mol. The summed E-state index contributed by atoms with van der Waals surface area (Å²) in [7, 11) is 0. The number of likely N-dealkylation sites (tertiary alicyclic amines) is 1.